The van der Waals surface area contributed by atoms with Crippen LogP contribution in [0.3, 0.4) is 0 Å². The molecule has 0 bridgehead atoms. The van der Waals surface area contributed by atoms with E-state index in [9.17, 15) is 9.90 Å². The highest BCUT2D eigenvalue weighted by Gasteiger charge is 2.26. The second-order valence-electron chi connectivity index (χ2n) is 11.8. The molecule has 0 fully saturated rings. The number of nitrogens with zero attached hydrogens (tertiary/aromatic N) is 9. The van der Waals surface area contributed by atoms with E-state index >= 15 is 0 Å². The number of benzene rings is 2. The Balaban J connectivity index is 1.37. The Kier molecular flexibility index (Phi) is 6.27. The van der Waals surface area contributed by atoms with Crippen LogP contribution in [0.2, 0.25) is 0 Å². The van der Waals surface area contributed by atoms with E-state index in [0.717, 1.165) is 65.0 Å². The number of phenolic OH excluding ortho intramolecular Hbond substituents is 1. The van der Waals surface area contributed by atoms with E-state index in [1.54, 1.807) is 21.6 Å². The predicted molar refractivity (Wildman–Crippen MR) is 176 cm³/mol. The maximum absolute atomic E-state index is 14.7. The molecule has 3 N–H and O–H groups in total. The van der Waals surface area contributed by atoms with Gasteiger partial charge in [0.15, 0.2) is 11.5 Å². The van der Waals surface area contributed by atoms with Crippen molar-refractivity contribution in [1.29, 1.82) is 0 Å². The van der Waals surface area contributed by atoms with Gasteiger partial charge in [0, 0.05) is 35.3 Å². The Hall–Kier alpha value is -5.78. The van der Waals surface area contributed by atoms with Crippen molar-refractivity contribution in [3.05, 3.63) is 99.9 Å². The number of nitrogen functional groups attached to an aromatic ring is 1. The lowest BCUT2D eigenvalue weighted by Crippen LogP contribution is -2.33. The van der Waals surface area contributed by atoms with Crippen LogP contribution in [0, 0.1) is 13.8 Å². The molecule has 0 atom stereocenters. The molecule has 8 rings (SSSR count). The van der Waals surface area contributed by atoms with Crippen LogP contribution in [0.1, 0.15) is 41.7 Å². The van der Waals surface area contributed by atoms with Gasteiger partial charge < -0.3 is 10.8 Å². The van der Waals surface area contributed by atoms with Gasteiger partial charge in [-0.3, -0.25) is 14.2 Å². The summed E-state index contributed by atoms with van der Waals surface area (Å²) < 4.78 is 7.10. The van der Waals surface area contributed by atoms with E-state index in [1.165, 1.54) is 6.33 Å². The maximum Gasteiger partial charge on any atom is 0.281 e. The summed E-state index contributed by atoms with van der Waals surface area (Å²) in [6.45, 7) is 6.81. The summed E-state index contributed by atoms with van der Waals surface area (Å²) in [7, 11) is 0. The average molecular weight is 613 g/mol. The zero-order chi connectivity index (χ0) is 31.7. The van der Waals surface area contributed by atoms with Crippen LogP contribution in [0.15, 0.2) is 66.0 Å². The van der Waals surface area contributed by atoms with Gasteiger partial charge in [0.05, 0.1) is 22.5 Å². The van der Waals surface area contributed by atoms with Gasteiger partial charge in [-0.05, 0) is 87.1 Å². The minimum absolute atomic E-state index is 0.132. The third-order valence-electron chi connectivity index (χ3n) is 9.01. The fourth-order valence-electron chi connectivity index (χ4n) is 6.84. The number of anilines is 1. The summed E-state index contributed by atoms with van der Waals surface area (Å²) in [6, 6.07) is 13.3. The standard InChI is InChI=1S/C34H32N10O2/c1-4-41-16-21(15-38-41)22-7-6-10-26-29(22)34(46)44(43-19(2)11-12-20(43)3)28(39-26)17-42-33-30(32(35)36-18-37-33)31(40-42)25-13-14-27(45)24-9-5-8-23(24)25/h6-7,10-16,18,45H,4-5,8-9,17H2,1-3H3,(H2,35,36,37). The molecular formula is C34H32N10O2. The maximum atomic E-state index is 14.7. The second-order valence-corrected chi connectivity index (χ2v) is 11.8. The van der Waals surface area contributed by atoms with Crippen molar-refractivity contribution in [2.24, 2.45) is 0 Å². The van der Waals surface area contributed by atoms with Gasteiger partial charge in [-0.15, -0.1) is 0 Å². The first-order chi connectivity index (χ1) is 22.3. The van der Waals surface area contributed by atoms with Crippen molar-refractivity contribution in [2.45, 2.75) is 53.1 Å². The minimum Gasteiger partial charge on any atom is -0.508 e. The Bertz CT molecular complexity index is 2370. The van der Waals surface area contributed by atoms with Gasteiger partial charge in [0.1, 0.15) is 30.1 Å². The van der Waals surface area contributed by atoms with E-state index in [4.69, 9.17) is 15.8 Å². The lowest BCUT2D eigenvalue weighted by molar-refractivity contribution is 0.469. The van der Waals surface area contributed by atoms with Crippen molar-refractivity contribution in [3.8, 4) is 28.1 Å². The van der Waals surface area contributed by atoms with E-state index in [1.807, 2.05) is 72.7 Å². The summed E-state index contributed by atoms with van der Waals surface area (Å²) >= 11 is 0. The number of hydrogen-bond acceptors (Lipinski definition) is 8. The van der Waals surface area contributed by atoms with Crippen LogP contribution in [-0.4, -0.2) is 49.0 Å². The molecule has 0 aliphatic heterocycles. The van der Waals surface area contributed by atoms with Crippen molar-refractivity contribution in [1.82, 2.24) is 43.9 Å². The lowest BCUT2D eigenvalue weighted by Gasteiger charge is -2.19. The van der Waals surface area contributed by atoms with Gasteiger partial charge in [0.2, 0.25) is 0 Å². The number of rotatable bonds is 6. The summed E-state index contributed by atoms with van der Waals surface area (Å²) in [4.78, 5) is 28.7. The van der Waals surface area contributed by atoms with Gasteiger partial charge >= 0.3 is 0 Å². The first kappa shape index (κ1) is 27.7. The molecule has 0 amide bonds. The molecule has 0 saturated heterocycles. The molecule has 7 aromatic rings. The average Bonchev–Trinajstić information content (AvgIpc) is 3.86. The number of phenols is 1. The third kappa shape index (κ3) is 4.13. The smallest absolute Gasteiger partial charge is 0.281 e. The molecule has 0 radical (unpaired) electrons. The number of nitrogens with two attached hydrogens (primary N) is 1. The Morgan fingerprint density at radius 1 is 0.935 bits per heavy atom. The van der Waals surface area contributed by atoms with Crippen LogP contribution < -0.4 is 11.3 Å². The monoisotopic (exact) mass is 612 g/mol. The molecule has 46 heavy (non-hydrogen) atoms. The molecule has 0 saturated carbocycles. The molecule has 0 unspecified atom stereocenters. The van der Waals surface area contributed by atoms with Crippen LogP contribution in [0.4, 0.5) is 5.82 Å². The Morgan fingerprint density at radius 3 is 2.52 bits per heavy atom. The van der Waals surface area contributed by atoms with Gasteiger partial charge in [-0.2, -0.15) is 14.9 Å². The van der Waals surface area contributed by atoms with Gasteiger partial charge in [0.25, 0.3) is 5.56 Å². The highest BCUT2D eigenvalue weighted by molar-refractivity contribution is 5.99. The number of aromatic hydroxyl groups is 1. The quantitative estimate of drug-likeness (QED) is 0.276. The van der Waals surface area contributed by atoms with E-state index < -0.39 is 0 Å². The van der Waals surface area contributed by atoms with Crippen LogP contribution in [0.25, 0.3) is 44.3 Å². The second kappa shape index (κ2) is 10.4. The minimum atomic E-state index is -0.204. The van der Waals surface area contributed by atoms with Crippen molar-refractivity contribution >= 4 is 27.8 Å². The largest absolute Gasteiger partial charge is 0.508 e. The first-order valence-electron chi connectivity index (χ1n) is 15.4. The lowest BCUT2D eigenvalue weighted by atomic mass is 9.98. The molecule has 1 aliphatic carbocycles. The van der Waals surface area contributed by atoms with Crippen LogP contribution in [-0.2, 0) is 25.9 Å². The molecule has 5 heterocycles. The number of fused-ring (bicyclic) bond motifs is 3. The topological polar surface area (TPSA) is 147 Å². The molecule has 2 aromatic carbocycles. The molecule has 12 heteroatoms. The number of aromatic nitrogens is 9. The number of aryl methyl sites for hydroxylation is 3. The van der Waals surface area contributed by atoms with Crippen LogP contribution >= 0.6 is 0 Å². The Labute approximate surface area is 263 Å². The normalized spacial score (nSPS) is 12.8. The van der Waals surface area contributed by atoms with E-state index in [-0.39, 0.29) is 12.1 Å². The molecule has 5 aromatic heterocycles. The summed E-state index contributed by atoms with van der Waals surface area (Å²) in [5, 5.41) is 21.2. The zero-order valence-electron chi connectivity index (χ0n) is 25.8. The van der Waals surface area contributed by atoms with E-state index in [2.05, 4.69) is 15.1 Å². The zero-order valence-corrected chi connectivity index (χ0v) is 25.8. The fourth-order valence-corrected chi connectivity index (χ4v) is 6.84. The summed E-state index contributed by atoms with van der Waals surface area (Å²) in [5.41, 5.74) is 14.3. The summed E-state index contributed by atoms with van der Waals surface area (Å²) in [5.74, 6) is 1.09. The molecule has 1 aliphatic rings. The summed E-state index contributed by atoms with van der Waals surface area (Å²) in [6.07, 6.45) is 7.74. The number of hydrogen-bond donors (Lipinski definition) is 2. The van der Waals surface area contributed by atoms with Crippen LogP contribution in [0.5, 0.6) is 5.75 Å². The van der Waals surface area contributed by atoms with E-state index in [0.29, 0.717) is 45.0 Å². The first-order valence-corrected chi connectivity index (χ1v) is 15.4. The third-order valence-corrected chi connectivity index (χ3v) is 9.01. The highest BCUT2D eigenvalue weighted by Crippen LogP contribution is 2.40. The predicted octanol–water partition coefficient (Wildman–Crippen LogP) is 4.64. The SMILES string of the molecule is CCn1cc(-c2cccc3nc(Cn4nc(-c5ccc(O)c6c5CCC6)c5c(N)ncnc54)n(-n4c(C)ccc4C)c(=O)c23)cn1. The highest BCUT2D eigenvalue weighted by atomic mass is 16.3. The van der Waals surface area contributed by atoms with Gasteiger partial charge in [-0.1, -0.05) is 12.1 Å². The van der Waals surface area contributed by atoms with Crippen molar-refractivity contribution in [3.63, 3.8) is 0 Å². The molecular weight excluding hydrogens is 580 g/mol. The molecule has 0 spiro atoms. The Morgan fingerprint density at radius 2 is 1.74 bits per heavy atom. The molecule has 230 valence electrons. The van der Waals surface area contributed by atoms with Gasteiger partial charge in [-0.25, -0.2) is 19.6 Å². The van der Waals surface area contributed by atoms with Crippen molar-refractivity contribution in [2.75, 3.05) is 5.73 Å². The molecule has 12 nitrogen and oxygen atoms in total. The fraction of sp³-hybridized carbons (Fsp3) is 0.235. The van der Waals surface area contributed by atoms with Crippen molar-refractivity contribution < 1.29 is 5.11 Å².